The average molecular weight is 363 g/mol. The number of thiophene rings is 1. The standard InChI is InChI=1S/C17H18FN3OS2/c1-17(6-8-24-16(19)21-17)11-4-5-13(18)14(9-11)20-15(22)10-12-3-2-7-23-12/h2-5,7,9H,6,8,10H2,1H3,(H2,19,21)(H,20,22). The first-order chi connectivity index (χ1) is 11.5. The van der Waals surface area contributed by atoms with Gasteiger partial charge in [0, 0.05) is 10.6 Å². The molecule has 1 amide bonds. The second-order valence-corrected chi connectivity index (χ2v) is 7.97. The minimum atomic E-state index is -0.490. The quantitative estimate of drug-likeness (QED) is 0.870. The molecule has 0 saturated carbocycles. The lowest BCUT2D eigenvalue weighted by Gasteiger charge is -2.30. The number of nitrogens with two attached hydrogens (primary N) is 1. The van der Waals surface area contributed by atoms with Crippen molar-refractivity contribution in [3.63, 3.8) is 0 Å². The Hall–Kier alpha value is -1.86. The third-order valence-electron chi connectivity index (χ3n) is 3.97. The van der Waals surface area contributed by atoms with Crippen LogP contribution in [0.4, 0.5) is 10.1 Å². The number of hydrogen-bond acceptors (Lipinski definition) is 5. The van der Waals surface area contributed by atoms with E-state index < -0.39 is 11.4 Å². The summed E-state index contributed by atoms with van der Waals surface area (Å²) in [6.45, 7) is 1.98. The number of anilines is 1. The maximum Gasteiger partial charge on any atom is 0.229 e. The normalized spacial score (nSPS) is 20.5. The Labute approximate surface area is 148 Å². The van der Waals surface area contributed by atoms with Crippen LogP contribution in [-0.2, 0) is 16.8 Å². The van der Waals surface area contributed by atoms with E-state index in [1.807, 2.05) is 24.4 Å². The summed E-state index contributed by atoms with van der Waals surface area (Å²) in [7, 11) is 0. The van der Waals surface area contributed by atoms with Crippen molar-refractivity contribution in [3.8, 4) is 0 Å². The summed E-state index contributed by atoms with van der Waals surface area (Å²) < 4.78 is 14.1. The Kier molecular flexibility index (Phi) is 4.91. The Balaban J connectivity index is 1.81. The molecule has 2 heterocycles. The average Bonchev–Trinajstić information content (AvgIpc) is 3.02. The van der Waals surface area contributed by atoms with Crippen LogP contribution in [0.1, 0.15) is 23.8 Å². The molecule has 0 radical (unpaired) electrons. The molecular weight excluding hydrogens is 345 g/mol. The molecule has 1 unspecified atom stereocenters. The van der Waals surface area contributed by atoms with Gasteiger partial charge in [-0.05, 0) is 42.5 Å². The highest BCUT2D eigenvalue weighted by atomic mass is 32.2. The third kappa shape index (κ3) is 3.79. The number of aliphatic imine (C=N–C) groups is 1. The lowest BCUT2D eigenvalue weighted by atomic mass is 9.89. The molecule has 0 saturated heterocycles. The maximum absolute atomic E-state index is 14.1. The molecule has 1 aromatic carbocycles. The summed E-state index contributed by atoms with van der Waals surface area (Å²) in [6.07, 6.45) is 1.05. The molecule has 1 atom stereocenters. The molecule has 0 spiro atoms. The zero-order valence-electron chi connectivity index (χ0n) is 13.2. The second-order valence-electron chi connectivity index (χ2n) is 5.82. The SMILES string of the molecule is CC1(c2ccc(F)c(NC(=O)Cc3cccs3)c2)CCSC(N)=N1. The lowest BCUT2D eigenvalue weighted by Crippen LogP contribution is -2.29. The van der Waals surface area contributed by atoms with E-state index in [0.29, 0.717) is 5.17 Å². The number of benzene rings is 1. The van der Waals surface area contributed by atoms with Crippen LogP contribution in [0.5, 0.6) is 0 Å². The smallest absolute Gasteiger partial charge is 0.229 e. The van der Waals surface area contributed by atoms with Gasteiger partial charge in [0.05, 0.1) is 17.6 Å². The van der Waals surface area contributed by atoms with Crippen molar-refractivity contribution in [3.05, 3.63) is 52.0 Å². The number of amides is 1. The Morgan fingerprint density at radius 3 is 3.00 bits per heavy atom. The summed E-state index contributed by atoms with van der Waals surface area (Å²) in [5.41, 5.74) is 6.38. The van der Waals surface area contributed by atoms with Gasteiger partial charge in [0.25, 0.3) is 0 Å². The topological polar surface area (TPSA) is 67.5 Å². The van der Waals surface area contributed by atoms with Crippen LogP contribution in [0.25, 0.3) is 0 Å². The van der Waals surface area contributed by atoms with E-state index >= 15 is 0 Å². The van der Waals surface area contributed by atoms with Gasteiger partial charge >= 0.3 is 0 Å². The number of hydrogen-bond donors (Lipinski definition) is 2. The van der Waals surface area contributed by atoms with Crippen LogP contribution in [0.3, 0.4) is 0 Å². The lowest BCUT2D eigenvalue weighted by molar-refractivity contribution is -0.115. The summed E-state index contributed by atoms with van der Waals surface area (Å²) in [5, 5.41) is 5.11. The first-order valence-corrected chi connectivity index (χ1v) is 9.43. The fraction of sp³-hybridized carbons (Fsp3) is 0.294. The molecule has 0 aliphatic carbocycles. The predicted molar refractivity (Wildman–Crippen MR) is 99.1 cm³/mol. The van der Waals surface area contributed by atoms with Crippen molar-refractivity contribution < 1.29 is 9.18 Å². The van der Waals surface area contributed by atoms with Gasteiger partial charge in [-0.2, -0.15) is 0 Å². The fourth-order valence-corrected chi connectivity index (χ4v) is 4.29. The molecule has 1 aliphatic rings. The molecule has 7 heteroatoms. The van der Waals surface area contributed by atoms with Gasteiger partial charge in [0.1, 0.15) is 5.82 Å². The van der Waals surface area contributed by atoms with E-state index in [1.165, 1.54) is 29.2 Å². The Morgan fingerprint density at radius 1 is 1.46 bits per heavy atom. The molecule has 0 fully saturated rings. The minimum Gasteiger partial charge on any atom is -0.379 e. The van der Waals surface area contributed by atoms with E-state index in [1.54, 1.807) is 12.1 Å². The van der Waals surface area contributed by atoms with E-state index in [9.17, 15) is 9.18 Å². The number of carbonyl (C=O) groups is 1. The fourth-order valence-electron chi connectivity index (χ4n) is 2.62. The van der Waals surface area contributed by atoms with Crippen LogP contribution in [0.15, 0.2) is 40.7 Å². The zero-order valence-corrected chi connectivity index (χ0v) is 14.8. The van der Waals surface area contributed by atoms with Crippen LogP contribution in [0.2, 0.25) is 0 Å². The largest absolute Gasteiger partial charge is 0.379 e. The van der Waals surface area contributed by atoms with Crippen molar-refractivity contribution in [2.75, 3.05) is 11.1 Å². The summed E-state index contributed by atoms with van der Waals surface area (Å²) in [5.74, 6) is 0.174. The number of halogens is 1. The van der Waals surface area contributed by atoms with E-state index in [-0.39, 0.29) is 18.0 Å². The van der Waals surface area contributed by atoms with Gasteiger partial charge in [-0.1, -0.05) is 23.9 Å². The van der Waals surface area contributed by atoms with Crippen molar-refractivity contribution in [1.29, 1.82) is 0 Å². The van der Waals surface area contributed by atoms with Crippen molar-refractivity contribution in [1.82, 2.24) is 0 Å². The van der Waals surface area contributed by atoms with Gasteiger partial charge in [-0.15, -0.1) is 11.3 Å². The van der Waals surface area contributed by atoms with Gasteiger partial charge < -0.3 is 11.1 Å². The van der Waals surface area contributed by atoms with Crippen molar-refractivity contribution >= 4 is 39.9 Å². The molecule has 3 N–H and O–H groups in total. The summed E-state index contributed by atoms with van der Waals surface area (Å²) in [4.78, 5) is 17.6. The molecule has 1 aromatic heterocycles. The Morgan fingerprint density at radius 2 is 2.29 bits per heavy atom. The molecule has 2 aromatic rings. The molecule has 4 nitrogen and oxygen atoms in total. The van der Waals surface area contributed by atoms with E-state index in [2.05, 4.69) is 10.3 Å². The third-order valence-corrected chi connectivity index (χ3v) is 5.64. The summed E-state index contributed by atoms with van der Waals surface area (Å²) in [6, 6.07) is 8.51. The highest BCUT2D eigenvalue weighted by molar-refractivity contribution is 8.13. The molecule has 24 heavy (non-hydrogen) atoms. The van der Waals surface area contributed by atoms with Crippen LogP contribution in [0, 0.1) is 5.82 Å². The highest BCUT2D eigenvalue weighted by Crippen LogP contribution is 2.36. The van der Waals surface area contributed by atoms with Gasteiger partial charge in [-0.3, -0.25) is 9.79 Å². The number of thioether (sulfide) groups is 1. The van der Waals surface area contributed by atoms with Crippen molar-refractivity contribution in [2.24, 2.45) is 10.7 Å². The van der Waals surface area contributed by atoms with Crippen LogP contribution >= 0.6 is 23.1 Å². The Bertz CT molecular complexity index is 776. The molecular formula is C17H18FN3OS2. The number of nitrogens with zero attached hydrogens (tertiary/aromatic N) is 1. The van der Waals surface area contributed by atoms with Crippen LogP contribution < -0.4 is 11.1 Å². The van der Waals surface area contributed by atoms with Gasteiger partial charge in [0.15, 0.2) is 5.17 Å². The zero-order chi connectivity index (χ0) is 17.2. The summed E-state index contributed by atoms with van der Waals surface area (Å²) >= 11 is 3.02. The number of carbonyl (C=O) groups excluding carboxylic acids is 1. The minimum absolute atomic E-state index is 0.183. The van der Waals surface area contributed by atoms with Gasteiger partial charge in [-0.25, -0.2) is 4.39 Å². The molecule has 126 valence electrons. The molecule has 0 bridgehead atoms. The van der Waals surface area contributed by atoms with E-state index in [0.717, 1.165) is 22.6 Å². The first-order valence-electron chi connectivity index (χ1n) is 7.57. The monoisotopic (exact) mass is 363 g/mol. The predicted octanol–water partition coefficient (Wildman–Crippen LogP) is 3.74. The number of nitrogens with one attached hydrogen (secondary N) is 1. The highest BCUT2D eigenvalue weighted by Gasteiger charge is 2.30. The van der Waals surface area contributed by atoms with Crippen LogP contribution in [-0.4, -0.2) is 16.8 Å². The first kappa shape index (κ1) is 17.0. The molecule has 3 rings (SSSR count). The van der Waals surface area contributed by atoms with Crippen molar-refractivity contribution in [2.45, 2.75) is 25.3 Å². The molecule has 1 aliphatic heterocycles. The number of amidine groups is 1. The van der Waals surface area contributed by atoms with Gasteiger partial charge in [0.2, 0.25) is 5.91 Å². The second kappa shape index (κ2) is 6.94. The van der Waals surface area contributed by atoms with E-state index in [4.69, 9.17) is 5.73 Å². The maximum atomic E-state index is 14.1. The number of rotatable bonds is 4.